The van der Waals surface area contributed by atoms with Crippen molar-refractivity contribution in [1.82, 2.24) is 25.3 Å². The van der Waals surface area contributed by atoms with E-state index in [9.17, 15) is 0 Å². The van der Waals surface area contributed by atoms with Gasteiger partial charge in [-0.15, -0.1) is 0 Å². The molecule has 33 heavy (non-hydrogen) atoms. The van der Waals surface area contributed by atoms with Gasteiger partial charge < -0.3 is 20.1 Å². The number of nitrogens with one attached hydrogen (secondary N) is 2. The van der Waals surface area contributed by atoms with E-state index in [1.54, 1.807) is 14.2 Å². The highest BCUT2D eigenvalue weighted by atomic mass is 16.5. The van der Waals surface area contributed by atoms with Gasteiger partial charge in [0.05, 0.1) is 38.2 Å². The van der Waals surface area contributed by atoms with Crippen LogP contribution in [0.15, 0.2) is 72.0 Å². The molecule has 0 spiro atoms. The van der Waals surface area contributed by atoms with Crippen molar-refractivity contribution in [2.75, 3.05) is 47.0 Å². The van der Waals surface area contributed by atoms with Crippen LogP contribution in [0.25, 0.3) is 5.69 Å². The van der Waals surface area contributed by atoms with Crippen LogP contribution in [-0.4, -0.2) is 67.6 Å². The summed E-state index contributed by atoms with van der Waals surface area (Å²) in [6, 6.07) is 18.6. The van der Waals surface area contributed by atoms with Crippen LogP contribution in [0.2, 0.25) is 0 Å². The summed E-state index contributed by atoms with van der Waals surface area (Å²) in [5.74, 6) is 1.62. The second-order valence-corrected chi connectivity index (χ2v) is 7.87. The Hall–Kier alpha value is -3.36. The van der Waals surface area contributed by atoms with Crippen LogP contribution in [0.3, 0.4) is 0 Å². The number of morpholine rings is 1. The molecule has 4 rings (SSSR count). The minimum absolute atomic E-state index is 0.208. The number of hydrogen-bond donors (Lipinski definition) is 2. The molecule has 1 unspecified atom stereocenters. The first-order valence-corrected chi connectivity index (χ1v) is 11.3. The predicted octanol–water partition coefficient (Wildman–Crippen LogP) is 2.62. The highest BCUT2D eigenvalue weighted by Crippen LogP contribution is 2.23. The molecule has 2 heterocycles. The number of para-hydroxylation sites is 1. The molecule has 1 fully saturated rings. The van der Waals surface area contributed by atoms with Crippen LogP contribution in [0.1, 0.15) is 17.2 Å². The first-order chi connectivity index (χ1) is 16.3. The molecule has 1 saturated heterocycles. The first-order valence-electron chi connectivity index (χ1n) is 11.3. The van der Waals surface area contributed by atoms with Crippen molar-refractivity contribution in [2.45, 2.75) is 12.6 Å². The molecule has 8 nitrogen and oxygen atoms in total. The number of guanidine groups is 1. The van der Waals surface area contributed by atoms with E-state index in [2.05, 4.69) is 37.8 Å². The summed E-state index contributed by atoms with van der Waals surface area (Å²) in [5, 5.41) is 11.4. The summed E-state index contributed by atoms with van der Waals surface area (Å²) in [4.78, 5) is 6.86. The molecule has 1 aliphatic heterocycles. The van der Waals surface area contributed by atoms with Crippen molar-refractivity contribution in [2.24, 2.45) is 4.99 Å². The third-order valence-corrected chi connectivity index (χ3v) is 5.79. The highest BCUT2D eigenvalue weighted by Gasteiger charge is 2.23. The average Bonchev–Trinajstić information content (AvgIpc) is 3.36. The molecule has 0 amide bonds. The second kappa shape index (κ2) is 11.5. The Bertz CT molecular complexity index is 1010. The van der Waals surface area contributed by atoms with Gasteiger partial charge in [0.25, 0.3) is 0 Å². The monoisotopic (exact) mass is 448 g/mol. The summed E-state index contributed by atoms with van der Waals surface area (Å²) in [6.45, 7) is 4.69. The Morgan fingerprint density at radius 1 is 1.09 bits per heavy atom. The summed E-state index contributed by atoms with van der Waals surface area (Å²) in [7, 11) is 3.48. The van der Waals surface area contributed by atoms with E-state index in [-0.39, 0.29) is 6.04 Å². The van der Waals surface area contributed by atoms with Crippen LogP contribution in [0, 0.1) is 0 Å². The Kier molecular flexibility index (Phi) is 7.94. The smallest absolute Gasteiger partial charge is 0.191 e. The lowest BCUT2D eigenvalue weighted by Crippen LogP contribution is -2.46. The Balaban J connectivity index is 1.37. The van der Waals surface area contributed by atoms with Crippen molar-refractivity contribution in [3.63, 3.8) is 0 Å². The molecular formula is C25H32N6O2. The van der Waals surface area contributed by atoms with E-state index in [4.69, 9.17) is 9.47 Å². The number of methoxy groups -OCH3 is 1. The molecule has 1 aliphatic rings. The molecule has 2 aromatic carbocycles. The van der Waals surface area contributed by atoms with Crippen molar-refractivity contribution < 1.29 is 9.47 Å². The molecule has 0 bridgehead atoms. The summed E-state index contributed by atoms with van der Waals surface area (Å²) in [5.41, 5.74) is 3.37. The van der Waals surface area contributed by atoms with Gasteiger partial charge in [-0.3, -0.25) is 9.89 Å². The van der Waals surface area contributed by atoms with Gasteiger partial charge in [-0.1, -0.05) is 30.3 Å². The van der Waals surface area contributed by atoms with E-state index >= 15 is 0 Å². The number of aliphatic imine (C=N–C) groups is 1. The minimum Gasteiger partial charge on any atom is -0.497 e. The molecule has 1 aromatic heterocycles. The summed E-state index contributed by atoms with van der Waals surface area (Å²) >= 11 is 0. The third kappa shape index (κ3) is 6.12. The zero-order chi connectivity index (χ0) is 22.9. The fourth-order valence-corrected chi connectivity index (χ4v) is 3.95. The van der Waals surface area contributed by atoms with E-state index in [0.29, 0.717) is 6.54 Å². The Labute approximate surface area is 195 Å². The maximum Gasteiger partial charge on any atom is 0.191 e. The molecule has 0 radical (unpaired) electrons. The maximum absolute atomic E-state index is 5.56. The van der Waals surface area contributed by atoms with Gasteiger partial charge in [0.2, 0.25) is 0 Å². The van der Waals surface area contributed by atoms with Crippen molar-refractivity contribution in [1.29, 1.82) is 0 Å². The number of aromatic nitrogens is 2. The zero-order valence-corrected chi connectivity index (χ0v) is 19.3. The van der Waals surface area contributed by atoms with Crippen LogP contribution in [0.4, 0.5) is 0 Å². The van der Waals surface area contributed by atoms with Crippen LogP contribution in [0.5, 0.6) is 5.75 Å². The largest absolute Gasteiger partial charge is 0.497 e. The molecule has 174 valence electrons. The van der Waals surface area contributed by atoms with E-state index in [0.717, 1.165) is 55.8 Å². The van der Waals surface area contributed by atoms with Crippen molar-refractivity contribution in [3.8, 4) is 11.4 Å². The van der Waals surface area contributed by atoms with Gasteiger partial charge in [0.15, 0.2) is 5.96 Å². The van der Waals surface area contributed by atoms with E-state index in [1.807, 2.05) is 59.5 Å². The Morgan fingerprint density at radius 3 is 2.55 bits per heavy atom. The summed E-state index contributed by atoms with van der Waals surface area (Å²) in [6.07, 6.45) is 3.91. The fourth-order valence-electron chi connectivity index (χ4n) is 3.95. The predicted molar refractivity (Wildman–Crippen MR) is 130 cm³/mol. The number of benzene rings is 2. The molecule has 0 saturated carbocycles. The number of nitrogens with zero attached hydrogens (tertiary/aromatic N) is 4. The quantitative estimate of drug-likeness (QED) is 0.408. The van der Waals surface area contributed by atoms with E-state index in [1.165, 1.54) is 5.56 Å². The normalized spacial score (nSPS) is 15.8. The topological polar surface area (TPSA) is 75.9 Å². The van der Waals surface area contributed by atoms with Gasteiger partial charge >= 0.3 is 0 Å². The van der Waals surface area contributed by atoms with Gasteiger partial charge in [0.1, 0.15) is 5.75 Å². The number of rotatable bonds is 8. The Morgan fingerprint density at radius 2 is 1.85 bits per heavy atom. The van der Waals surface area contributed by atoms with Crippen LogP contribution < -0.4 is 15.4 Å². The number of hydrogen-bond acceptors (Lipinski definition) is 5. The van der Waals surface area contributed by atoms with Gasteiger partial charge in [0, 0.05) is 45.0 Å². The maximum atomic E-state index is 5.56. The molecule has 0 aliphatic carbocycles. The van der Waals surface area contributed by atoms with Crippen molar-refractivity contribution in [3.05, 3.63) is 78.1 Å². The number of ether oxygens (including phenoxy) is 2. The zero-order valence-electron chi connectivity index (χ0n) is 19.3. The van der Waals surface area contributed by atoms with E-state index < -0.39 is 0 Å². The average molecular weight is 449 g/mol. The highest BCUT2D eigenvalue weighted by molar-refractivity contribution is 5.79. The first kappa shape index (κ1) is 22.8. The SMILES string of the molecule is CN=C(NCc1cnn(-c2ccccc2)c1)NCC(c1ccc(OC)cc1)N1CCOCC1. The van der Waals surface area contributed by atoms with Crippen LogP contribution >= 0.6 is 0 Å². The molecule has 2 N–H and O–H groups in total. The van der Waals surface area contributed by atoms with Crippen molar-refractivity contribution >= 4 is 5.96 Å². The lowest BCUT2D eigenvalue weighted by atomic mass is 10.0. The third-order valence-electron chi connectivity index (χ3n) is 5.79. The molecular weight excluding hydrogens is 416 g/mol. The molecule has 3 aromatic rings. The standard InChI is InChI=1S/C25H32N6O2/c1-26-25(27-16-20-17-29-31(19-20)22-6-4-3-5-7-22)28-18-24(30-12-14-33-15-13-30)21-8-10-23(32-2)11-9-21/h3-11,17,19,24H,12-16,18H2,1-2H3,(H2,26,27,28). The summed E-state index contributed by atoms with van der Waals surface area (Å²) < 4.78 is 12.8. The molecule has 1 atom stereocenters. The minimum atomic E-state index is 0.208. The lowest BCUT2D eigenvalue weighted by Gasteiger charge is -2.35. The lowest BCUT2D eigenvalue weighted by molar-refractivity contribution is 0.0170. The fraction of sp³-hybridized carbons (Fsp3) is 0.360. The van der Waals surface area contributed by atoms with Crippen LogP contribution in [-0.2, 0) is 11.3 Å². The van der Waals surface area contributed by atoms with Gasteiger partial charge in [-0.25, -0.2) is 4.68 Å². The van der Waals surface area contributed by atoms with Gasteiger partial charge in [-0.2, -0.15) is 5.10 Å². The molecule has 8 heteroatoms. The second-order valence-electron chi connectivity index (χ2n) is 7.87. The van der Waals surface area contributed by atoms with Gasteiger partial charge in [-0.05, 0) is 29.8 Å².